The van der Waals surface area contributed by atoms with Crippen molar-refractivity contribution in [2.24, 2.45) is 5.41 Å². The number of amides is 1. The number of aliphatic hydroxyl groups is 1. The molecule has 44 heavy (non-hydrogen) atoms. The highest BCUT2D eigenvalue weighted by atomic mass is 32.2. The van der Waals surface area contributed by atoms with Gasteiger partial charge >= 0.3 is 0 Å². The van der Waals surface area contributed by atoms with Crippen molar-refractivity contribution in [3.63, 3.8) is 0 Å². The predicted molar refractivity (Wildman–Crippen MR) is 171 cm³/mol. The van der Waals surface area contributed by atoms with Crippen molar-refractivity contribution in [1.82, 2.24) is 10.0 Å². The van der Waals surface area contributed by atoms with Crippen LogP contribution in [0.1, 0.15) is 77.2 Å². The van der Waals surface area contributed by atoms with Crippen molar-refractivity contribution in [2.45, 2.75) is 113 Å². The van der Waals surface area contributed by atoms with Gasteiger partial charge in [-0.25, -0.2) is 13.1 Å². The molecule has 2 bridgehead atoms. The molecule has 5 rings (SSSR count). The topological polar surface area (TPSA) is 117 Å². The highest BCUT2D eigenvalue weighted by molar-refractivity contribution is 7.89. The Balaban J connectivity index is 1.22. The number of nitrogens with zero attached hydrogens (tertiary/aromatic N) is 1. The molecule has 2 saturated heterocycles. The van der Waals surface area contributed by atoms with E-state index in [1.165, 1.54) is 0 Å². The van der Waals surface area contributed by atoms with Crippen LogP contribution >= 0.6 is 0 Å². The van der Waals surface area contributed by atoms with E-state index in [0.29, 0.717) is 31.8 Å². The second-order valence-electron chi connectivity index (χ2n) is 12.9. The highest BCUT2D eigenvalue weighted by Gasteiger charge is 2.43. The molecule has 2 heterocycles. The zero-order valence-electron chi connectivity index (χ0n) is 26.3. The van der Waals surface area contributed by atoms with Crippen molar-refractivity contribution in [3.8, 4) is 5.75 Å². The first-order valence-electron chi connectivity index (χ1n) is 16.2. The fourth-order valence-electron chi connectivity index (χ4n) is 7.56. The largest absolute Gasteiger partial charge is 0.497 e. The van der Waals surface area contributed by atoms with Gasteiger partial charge in [-0.3, -0.25) is 4.79 Å². The number of hydrogen-bond donors (Lipinski definition) is 3. The summed E-state index contributed by atoms with van der Waals surface area (Å²) in [5, 5.41) is 14.5. The number of carbonyl (C=O) groups excluding carboxylic acids is 1. The third-order valence-electron chi connectivity index (χ3n) is 10.0. The van der Waals surface area contributed by atoms with Crippen LogP contribution in [0.15, 0.2) is 53.4 Å². The molecule has 9 nitrogen and oxygen atoms in total. The van der Waals surface area contributed by atoms with E-state index in [2.05, 4.69) is 27.1 Å². The fourth-order valence-corrected chi connectivity index (χ4v) is 8.82. The monoisotopic (exact) mass is 627 g/mol. The number of piperidine rings is 1. The molecule has 1 amide bonds. The smallest absolute Gasteiger partial charge is 0.240 e. The number of para-hydroxylation sites is 1. The fraction of sp³-hybridized carbons (Fsp3) is 0.618. The Hall–Kier alpha value is -2.66. The van der Waals surface area contributed by atoms with Crippen molar-refractivity contribution < 1.29 is 27.8 Å². The van der Waals surface area contributed by atoms with Crippen LogP contribution in [0.25, 0.3) is 0 Å². The number of hydrogen-bond acceptors (Lipinski definition) is 7. The Morgan fingerprint density at radius 2 is 1.73 bits per heavy atom. The zero-order valence-corrected chi connectivity index (χ0v) is 27.2. The van der Waals surface area contributed by atoms with Crippen LogP contribution in [0.5, 0.6) is 5.75 Å². The first kappa shape index (κ1) is 32.7. The van der Waals surface area contributed by atoms with E-state index in [4.69, 9.17) is 9.47 Å². The highest BCUT2D eigenvalue weighted by Crippen LogP contribution is 2.43. The molecule has 3 fully saturated rings. The lowest BCUT2D eigenvalue weighted by Crippen LogP contribution is -2.51. The van der Waals surface area contributed by atoms with Gasteiger partial charge in [-0.2, -0.15) is 0 Å². The van der Waals surface area contributed by atoms with Gasteiger partial charge in [-0.15, -0.1) is 0 Å². The number of carbonyl (C=O) groups is 1. The minimum absolute atomic E-state index is 0.0340. The van der Waals surface area contributed by atoms with Gasteiger partial charge in [0.05, 0.1) is 29.6 Å². The maximum Gasteiger partial charge on any atom is 0.240 e. The summed E-state index contributed by atoms with van der Waals surface area (Å²) in [6, 6.07) is 14.5. The second kappa shape index (κ2) is 14.2. The van der Waals surface area contributed by atoms with E-state index in [1.54, 1.807) is 31.4 Å². The van der Waals surface area contributed by atoms with E-state index in [0.717, 1.165) is 62.6 Å². The molecule has 2 unspecified atom stereocenters. The molecule has 1 aliphatic carbocycles. The Morgan fingerprint density at radius 1 is 1.07 bits per heavy atom. The number of aliphatic hydroxyl groups excluding tert-OH is 1. The predicted octanol–water partition coefficient (Wildman–Crippen LogP) is 4.57. The molecule has 3 N–H and O–H groups in total. The minimum atomic E-state index is -3.65. The first-order chi connectivity index (χ1) is 21.2. The van der Waals surface area contributed by atoms with Crippen molar-refractivity contribution >= 4 is 21.6 Å². The normalized spacial score (nSPS) is 24.2. The first-order valence-corrected chi connectivity index (χ1v) is 17.7. The Morgan fingerprint density at radius 3 is 2.36 bits per heavy atom. The van der Waals surface area contributed by atoms with Gasteiger partial charge in [0.1, 0.15) is 5.75 Å². The zero-order chi connectivity index (χ0) is 31.3. The molecule has 1 saturated carbocycles. The van der Waals surface area contributed by atoms with Crippen LogP contribution in [0.2, 0.25) is 0 Å². The number of rotatable bonds is 14. The molecule has 242 valence electrons. The second-order valence-corrected chi connectivity index (χ2v) is 14.6. The molecule has 10 heteroatoms. The standard InChI is InChI=1S/C34H49N3O6S/c1-4-43-20-19-34(17-7-8-18-34)33(39)35-24(2)32(38)21-25-9-5-6-10-31(25)37-27-11-12-28(37)23-26(22-27)36-44(40,41)30-15-13-29(42-3)14-16-30/h5-6,9-10,13-16,24,26-28,32,36,38H,4,7-8,11-12,17-23H2,1-3H3,(H,35,39)/t24-,26?,27?,28?,32+/m0/s1. The molecule has 2 aliphatic heterocycles. The van der Waals surface area contributed by atoms with Crippen molar-refractivity contribution in [1.29, 1.82) is 0 Å². The Bertz CT molecular complexity index is 1350. The third kappa shape index (κ3) is 7.25. The number of anilines is 1. The molecule has 0 radical (unpaired) electrons. The molecule has 4 atom stereocenters. The van der Waals surface area contributed by atoms with Gasteiger partial charge in [-0.1, -0.05) is 31.0 Å². The molecule has 0 aromatic heterocycles. The van der Waals surface area contributed by atoms with E-state index >= 15 is 0 Å². The molecule has 0 spiro atoms. The summed E-state index contributed by atoms with van der Waals surface area (Å²) in [7, 11) is -2.09. The maximum atomic E-state index is 13.4. The molecule has 3 aliphatic rings. The molecular weight excluding hydrogens is 578 g/mol. The van der Waals surface area contributed by atoms with Gasteiger partial charge in [0.25, 0.3) is 0 Å². The van der Waals surface area contributed by atoms with E-state index in [9.17, 15) is 18.3 Å². The lowest BCUT2D eigenvalue weighted by molar-refractivity contribution is -0.133. The lowest BCUT2D eigenvalue weighted by atomic mass is 9.81. The lowest BCUT2D eigenvalue weighted by Gasteiger charge is -2.42. The van der Waals surface area contributed by atoms with Gasteiger partial charge in [0.15, 0.2) is 0 Å². The number of benzene rings is 2. The van der Waals surface area contributed by atoms with Crippen LogP contribution in [0.4, 0.5) is 5.69 Å². The summed E-state index contributed by atoms with van der Waals surface area (Å²) in [5.41, 5.74) is 1.74. The summed E-state index contributed by atoms with van der Waals surface area (Å²) < 4.78 is 40.0. The van der Waals surface area contributed by atoms with Gasteiger partial charge < -0.3 is 24.8 Å². The van der Waals surface area contributed by atoms with Crippen LogP contribution in [-0.4, -0.2) is 70.0 Å². The summed E-state index contributed by atoms with van der Waals surface area (Å²) in [5.74, 6) is 0.651. The molecule has 2 aromatic carbocycles. The van der Waals surface area contributed by atoms with E-state index in [-0.39, 0.29) is 28.9 Å². The SMILES string of the molecule is CCOCCC1(C(=O)N[C@@H](C)[C@H](O)Cc2ccccc2N2C3CCC2CC(NS(=O)(=O)c2ccc(OC)cc2)C3)CCCC1. The summed E-state index contributed by atoms with van der Waals surface area (Å²) in [6.07, 6.45) is 7.67. The number of methoxy groups -OCH3 is 1. The summed E-state index contributed by atoms with van der Waals surface area (Å²) in [6.45, 7) is 5.08. The summed E-state index contributed by atoms with van der Waals surface area (Å²) in [4.78, 5) is 16.1. The Labute approximate surface area is 262 Å². The van der Waals surface area contributed by atoms with E-state index in [1.807, 2.05) is 26.0 Å². The Kier molecular flexibility index (Phi) is 10.6. The summed E-state index contributed by atoms with van der Waals surface area (Å²) >= 11 is 0. The molecule has 2 aromatic rings. The van der Waals surface area contributed by atoms with Crippen LogP contribution in [0, 0.1) is 5.41 Å². The molecular formula is C34H49N3O6S. The quantitative estimate of drug-likeness (QED) is 0.263. The van der Waals surface area contributed by atoms with Gasteiger partial charge in [0.2, 0.25) is 15.9 Å². The average molecular weight is 628 g/mol. The maximum absolute atomic E-state index is 13.4. The number of sulfonamides is 1. The van der Waals surface area contributed by atoms with Gasteiger partial charge in [-0.05, 0) is 94.7 Å². The van der Waals surface area contributed by atoms with Crippen molar-refractivity contribution in [2.75, 3.05) is 25.2 Å². The van der Waals surface area contributed by atoms with Crippen molar-refractivity contribution in [3.05, 3.63) is 54.1 Å². The number of fused-ring (bicyclic) bond motifs is 2. The van der Waals surface area contributed by atoms with Crippen LogP contribution < -0.4 is 19.7 Å². The third-order valence-corrected chi connectivity index (χ3v) is 11.6. The van der Waals surface area contributed by atoms with Gasteiger partial charge in [0, 0.05) is 43.4 Å². The van der Waals surface area contributed by atoms with E-state index < -0.39 is 27.6 Å². The average Bonchev–Trinajstić information content (AvgIpc) is 3.60. The number of nitrogens with one attached hydrogen (secondary N) is 2. The number of ether oxygens (including phenoxy) is 2. The minimum Gasteiger partial charge on any atom is -0.497 e. The van der Waals surface area contributed by atoms with Crippen LogP contribution in [-0.2, 0) is 26.0 Å². The van der Waals surface area contributed by atoms with Crippen LogP contribution in [0.3, 0.4) is 0 Å².